The number of rotatable bonds is 5. The second-order valence-electron chi connectivity index (χ2n) is 5.55. The average Bonchev–Trinajstić information content (AvgIpc) is 3.15. The smallest absolute Gasteiger partial charge is 0.257 e. The van der Waals surface area contributed by atoms with E-state index in [0.29, 0.717) is 33.6 Å². The van der Waals surface area contributed by atoms with E-state index in [2.05, 4.69) is 15.5 Å². The maximum Gasteiger partial charge on any atom is 0.257 e. The SMILES string of the molecule is COc1cc(-n2cnnn2)c(Cl)cc1C(=O)N(C)Cc1cccc(Cl)c1. The van der Waals surface area contributed by atoms with Gasteiger partial charge in [0.2, 0.25) is 0 Å². The van der Waals surface area contributed by atoms with Crippen molar-refractivity contribution in [3.8, 4) is 11.4 Å². The maximum absolute atomic E-state index is 12.9. The molecule has 0 N–H and O–H groups in total. The van der Waals surface area contributed by atoms with Crippen LogP contribution < -0.4 is 4.74 Å². The topological polar surface area (TPSA) is 73.1 Å². The lowest BCUT2D eigenvalue weighted by molar-refractivity contribution is 0.0781. The Hall–Kier alpha value is -2.64. The fourth-order valence-electron chi connectivity index (χ4n) is 2.51. The standard InChI is InChI=1S/C17H15Cl2N5O2/c1-23(9-11-4-3-5-12(18)6-11)17(25)13-7-14(19)15(8-16(13)26-2)24-10-20-21-22-24/h3-8,10H,9H2,1-2H3. The van der Waals surface area contributed by atoms with Crippen LogP contribution in [0.2, 0.25) is 10.0 Å². The van der Waals surface area contributed by atoms with Crippen molar-refractivity contribution in [1.29, 1.82) is 0 Å². The number of carbonyl (C=O) groups is 1. The van der Waals surface area contributed by atoms with E-state index >= 15 is 0 Å². The Kier molecular flexibility index (Phi) is 5.39. The Morgan fingerprint density at radius 2 is 2.08 bits per heavy atom. The van der Waals surface area contributed by atoms with Gasteiger partial charge in [-0.3, -0.25) is 4.79 Å². The summed E-state index contributed by atoms with van der Waals surface area (Å²) >= 11 is 12.3. The minimum Gasteiger partial charge on any atom is -0.496 e. The third-order valence-electron chi connectivity index (χ3n) is 3.75. The monoisotopic (exact) mass is 391 g/mol. The number of aromatic nitrogens is 4. The van der Waals surface area contributed by atoms with E-state index in [0.717, 1.165) is 5.56 Å². The largest absolute Gasteiger partial charge is 0.496 e. The number of nitrogens with zero attached hydrogens (tertiary/aromatic N) is 5. The number of ether oxygens (including phenoxy) is 1. The van der Waals surface area contributed by atoms with Crippen molar-refractivity contribution in [3.05, 3.63) is 63.9 Å². The molecule has 0 saturated carbocycles. The predicted octanol–water partition coefficient (Wildman–Crippen LogP) is 3.25. The zero-order valence-corrected chi connectivity index (χ0v) is 15.6. The molecule has 9 heteroatoms. The van der Waals surface area contributed by atoms with Crippen molar-refractivity contribution in [2.45, 2.75) is 6.54 Å². The van der Waals surface area contributed by atoms with Gasteiger partial charge in [0.25, 0.3) is 5.91 Å². The molecule has 0 atom stereocenters. The molecule has 7 nitrogen and oxygen atoms in total. The molecule has 134 valence electrons. The summed E-state index contributed by atoms with van der Waals surface area (Å²) in [5, 5.41) is 11.9. The molecule has 0 saturated heterocycles. The molecule has 1 heterocycles. The summed E-state index contributed by atoms with van der Waals surface area (Å²) in [6.45, 7) is 0.398. The summed E-state index contributed by atoms with van der Waals surface area (Å²) in [5.74, 6) is 0.148. The first-order chi connectivity index (χ1) is 12.5. The molecule has 0 aliphatic heterocycles. The quantitative estimate of drug-likeness (QED) is 0.667. The molecular weight excluding hydrogens is 377 g/mol. The zero-order chi connectivity index (χ0) is 18.7. The Morgan fingerprint density at radius 1 is 1.27 bits per heavy atom. The number of tetrazole rings is 1. The van der Waals surface area contributed by atoms with Gasteiger partial charge < -0.3 is 9.64 Å². The first-order valence-electron chi connectivity index (χ1n) is 7.60. The molecule has 0 unspecified atom stereocenters. The van der Waals surface area contributed by atoms with E-state index in [1.165, 1.54) is 18.1 Å². The van der Waals surface area contributed by atoms with Gasteiger partial charge in [-0.05, 0) is 34.2 Å². The highest BCUT2D eigenvalue weighted by Crippen LogP contribution is 2.30. The summed E-state index contributed by atoms with van der Waals surface area (Å²) in [7, 11) is 3.19. The summed E-state index contributed by atoms with van der Waals surface area (Å²) in [4.78, 5) is 14.4. The molecule has 0 aliphatic rings. The third-order valence-corrected chi connectivity index (χ3v) is 4.29. The number of hydrogen-bond acceptors (Lipinski definition) is 5. The first-order valence-corrected chi connectivity index (χ1v) is 8.36. The fourth-order valence-corrected chi connectivity index (χ4v) is 2.98. The van der Waals surface area contributed by atoms with Crippen LogP contribution >= 0.6 is 23.2 Å². The third kappa shape index (κ3) is 3.79. The highest BCUT2D eigenvalue weighted by molar-refractivity contribution is 6.33. The van der Waals surface area contributed by atoms with Crippen LogP contribution in [0.4, 0.5) is 0 Å². The molecule has 26 heavy (non-hydrogen) atoms. The Balaban J connectivity index is 1.90. The molecule has 0 spiro atoms. The number of hydrogen-bond donors (Lipinski definition) is 0. The minimum absolute atomic E-state index is 0.230. The van der Waals surface area contributed by atoms with E-state index < -0.39 is 0 Å². The minimum atomic E-state index is -0.230. The van der Waals surface area contributed by atoms with Gasteiger partial charge in [-0.1, -0.05) is 35.3 Å². The van der Waals surface area contributed by atoms with Gasteiger partial charge in [-0.2, -0.15) is 4.68 Å². The van der Waals surface area contributed by atoms with Gasteiger partial charge in [0.15, 0.2) is 0 Å². The normalized spacial score (nSPS) is 10.6. The summed E-state index contributed by atoms with van der Waals surface area (Å²) in [6.07, 6.45) is 1.41. The lowest BCUT2D eigenvalue weighted by atomic mass is 10.1. The fraction of sp³-hybridized carbons (Fsp3) is 0.176. The van der Waals surface area contributed by atoms with Crippen LogP contribution in [0, 0.1) is 0 Å². The molecule has 3 aromatic rings. The van der Waals surface area contributed by atoms with Crippen molar-refractivity contribution in [2.24, 2.45) is 0 Å². The molecular formula is C17H15Cl2N5O2. The van der Waals surface area contributed by atoms with Crippen molar-refractivity contribution in [2.75, 3.05) is 14.2 Å². The highest BCUT2D eigenvalue weighted by atomic mass is 35.5. The van der Waals surface area contributed by atoms with Crippen LogP contribution in [0.15, 0.2) is 42.7 Å². The van der Waals surface area contributed by atoms with Gasteiger partial charge in [0.1, 0.15) is 12.1 Å². The number of methoxy groups -OCH3 is 1. The number of amides is 1. The zero-order valence-electron chi connectivity index (χ0n) is 14.1. The molecule has 0 fully saturated rings. The lowest BCUT2D eigenvalue weighted by Crippen LogP contribution is -2.26. The predicted molar refractivity (Wildman–Crippen MR) is 98.0 cm³/mol. The molecule has 0 aliphatic carbocycles. The van der Waals surface area contributed by atoms with Gasteiger partial charge in [-0.15, -0.1) is 5.10 Å². The van der Waals surface area contributed by atoms with Crippen molar-refractivity contribution < 1.29 is 9.53 Å². The van der Waals surface area contributed by atoms with E-state index in [9.17, 15) is 4.79 Å². The van der Waals surface area contributed by atoms with Gasteiger partial charge in [0, 0.05) is 24.7 Å². The van der Waals surface area contributed by atoms with Crippen LogP contribution in [-0.4, -0.2) is 45.2 Å². The van der Waals surface area contributed by atoms with Crippen LogP contribution in [0.5, 0.6) is 5.75 Å². The summed E-state index contributed by atoms with van der Waals surface area (Å²) < 4.78 is 6.77. The van der Waals surface area contributed by atoms with Crippen LogP contribution in [0.25, 0.3) is 5.69 Å². The van der Waals surface area contributed by atoms with Crippen molar-refractivity contribution in [3.63, 3.8) is 0 Å². The number of halogens is 2. The van der Waals surface area contributed by atoms with E-state index in [4.69, 9.17) is 27.9 Å². The van der Waals surface area contributed by atoms with Crippen LogP contribution in [0.1, 0.15) is 15.9 Å². The Labute approximate surface area is 160 Å². The Bertz CT molecular complexity index is 931. The lowest BCUT2D eigenvalue weighted by Gasteiger charge is -2.20. The molecule has 1 amide bonds. The van der Waals surface area contributed by atoms with Crippen molar-refractivity contribution >= 4 is 29.1 Å². The van der Waals surface area contributed by atoms with Gasteiger partial charge in [-0.25, -0.2) is 0 Å². The van der Waals surface area contributed by atoms with E-state index in [1.54, 1.807) is 30.1 Å². The van der Waals surface area contributed by atoms with Crippen LogP contribution in [-0.2, 0) is 6.54 Å². The van der Waals surface area contributed by atoms with E-state index in [-0.39, 0.29) is 5.91 Å². The summed E-state index contributed by atoms with van der Waals surface area (Å²) in [5.41, 5.74) is 1.78. The molecule has 0 radical (unpaired) electrons. The van der Waals surface area contributed by atoms with Crippen LogP contribution in [0.3, 0.4) is 0 Å². The maximum atomic E-state index is 12.9. The molecule has 3 rings (SSSR count). The second kappa shape index (κ2) is 7.72. The second-order valence-corrected chi connectivity index (χ2v) is 6.39. The highest BCUT2D eigenvalue weighted by Gasteiger charge is 2.20. The van der Waals surface area contributed by atoms with Crippen molar-refractivity contribution in [1.82, 2.24) is 25.1 Å². The number of carbonyl (C=O) groups excluding carboxylic acids is 1. The van der Waals surface area contributed by atoms with Gasteiger partial charge in [0.05, 0.1) is 23.4 Å². The Morgan fingerprint density at radius 3 is 2.73 bits per heavy atom. The molecule has 0 bridgehead atoms. The molecule has 2 aromatic carbocycles. The number of benzene rings is 2. The van der Waals surface area contributed by atoms with E-state index in [1.807, 2.05) is 18.2 Å². The molecule has 1 aromatic heterocycles. The summed E-state index contributed by atoms with van der Waals surface area (Å²) in [6, 6.07) is 10.5. The van der Waals surface area contributed by atoms with Gasteiger partial charge >= 0.3 is 0 Å². The average molecular weight is 392 g/mol. The first kappa shape index (κ1) is 18.2.